The zero-order chi connectivity index (χ0) is 30.8. The number of rotatable bonds is 9. The fourth-order valence-electron chi connectivity index (χ4n) is 4.74. The molecule has 4 aromatic rings. The molecule has 15 heteroatoms. The molecule has 1 fully saturated rings. The molecule has 3 heterocycles. The predicted molar refractivity (Wildman–Crippen MR) is 160 cm³/mol. The average Bonchev–Trinajstić information content (AvgIpc) is 3.34. The van der Waals surface area contributed by atoms with Gasteiger partial charge in [-0.05, 0) is 52.4 Å². The van der Waals surface area contributed by atoms with Gasteiger partial charge in [-0.3, -0.25) is 4.79 Å². The first-order valence-electron chi connectivity index (χ1n) is 13.1. The lowest BCUT2D eigenvalue weighted by Gasteiger charge is -2.40. The summed E-state index contributed by atoms with van der Waals surface area (Å²) in [6.07, 6.45) is 6.27. The standard InChI is InChI=1S/C27H27BrN8O4.CH2O2/c1-34-18-31-27(35(38)39)24(34)16-36(10-12-40-13-11-36)9-3-6-25(37)32-21-7-8-23-22(15-21)26(30-17-29-23)33-20-5-2-4-19(28)14-20;2-1-3/h2-8,14-15,17-18H,9-13,16H2,1H3,(H-,29,30,32,33,37);1H,(H,2,3)/b6-3+;. The van der Waals surface area contributed by atoms with Crippen molar-refractivity contribution in [1.29, 1.82) is 0 Å². The number of hydrogen-bond acceptors (Lipinski definition) is 10. The van der Waals surface area contributed by atoms with Crippen LogP contribution in [0.2, 0.25) is 0 Å². The highest BCUT2D eigenvalue weighted by molar-refractivity contribution is 9.10. The molecular weight excluding hydrogens is 624 g/mol. The summed E-state index contributed by atoms with van der Waals surface area (Å²) >= 11 is 3.47. The van der Waals surface area contributed by atoms with Gasteiger partial charge in [-0.25, -0.2) is 9.97 Å². The summed E-state index contributed by atoms with van der Waals surface area (Å²) in [6, 6.07) is 13.2. The zero-order valence-electron chi connectivity index (χ0n) is 23.2. The lowest BCUT2D eigenvalue weighted by molar-refractivity contribution is -0.942. The number of quaternary nitrogens is 1. The molecular formula is C28H29BrN8O6. The van der Waals surface area contributed by atoms with Crippen molar-refractivity contribution >= 4 is 62.2 Å². The third-order valence-corrected chi connectivity index (χ3v) is 7.36. The normalized spacial score (nSPS) is 14.1. The van der Waals surface area contributed by atoms with Crippen LogP contribution in [0.4, 0.5) is 23.0 Å². The average molecular weight is 653 g/mol. The molecule has 2 aromatic heterocycles. The molecule has 1 aliphatic rings. The summed E-state index contributed by atoms with van der Waals surface area (Å²) in [5.74, 6) is 0.204. The van der Waals surface area contributed by atoms with Gasteiger partial charge in [0.1, 0.15) is 31.8 Å². The van der Waals surface area contributed by atoms with Crippen LogP contribution in [-0.4, -0.2) is 74.2 Å². The van der Waals surface area contributed by atoms with E-state index in [0.717, 1.165) is 21.1 Å². The molecule has 5 rings (SSSR count). The van der Waals surface area contributed by atoms with Gasteiger partial charge in [0.25, 0.3) is 0 Å². The Kier molecular flexibility index (Phi) is 10.5. The highest BCUT2D eigenvalue weighted by atomic mass is 79.9. The van der Waals surface area contributed by atoms with Crippen LogP contribution >= 0.6 is 15.9 Å². The number of anilines is 3. The van der Waals surface area contributed by atoms with Gasteiger partial charge in [0.15, 0.2) is 5.69 Å². The molecule has 1 saturated heterocycles. The number of ether oxygens (including phenoxy) is 1. The summed E-state index contributed by atoms with van der Waals surface area (Å²) in [6.45, 7) is 2.87. The Balaban J connectivity index is 0.00000135. The largest absolute Gasteiger partial charge is 0.554 e. The number of carbonyl (C=O) groups excluding carboxylic acids is 2. The molecule has 2 aromatic carbocycles. The molecule has 0 atom stereocenters. The van der Waals surface area contributed by atoms with Crippen LogP contribution in [-0.2, 0) is 27.9 Å². The Morgan fingerprint density at radius 3 is 2.65 bits per heavy atom. The molecule has 0 saturated carbocycles. The molecule has 0 spiro atoms. The number of hydrogen-bond donors (Lipinski definition) is 2. The monoisotopic (exact) mass is 652 g/mol. The molecule has 0 radical (unpaired) electrons. The first-order chi connectivity index (χ1) is 20.7. The van der Waals surface area contributed by atoms with Crippen molar-refractivity contribution in [2.45, 2.75) is 6.54 Å². The van der Waals surface area contributed by atoms with E-state index in [-0.39, 0.29) is 11.7 Å². The van der Waals surface area contributed by atoms with E-state index >= 15 is 0 Å². The fraction of sp³-hybridized carbons (Fsp3) is 0.250. The van der Waals surface area contributed by atoms with Gasteiger partial charge >= 0.3 is 5.82 Å². The molecule has 0 aliphatic carbocycles. The minimum Gasteiger partial charge on any atom is -0.554 e. The van der Waals surface area contributed by atoms with Crippen LogP contribution < -0.4 is 15.7 Å². The molecule has 2 N–H and O–H groups in total. The smallest absolute Gasteiger partial charge is 0.390 e. The van der Waals surface area contributed by atoms with Crippen LogP contribution in [0.3, 0.4) is 0 Å². The van der Waals surface area contributed by atoms with E-state index in [1.54, 1.807) is 17.7 Å². The molecule has 0 bridgehead atoms. The van der Waals surface area contributed by atoms with Crippen LogP contribution in [0.25, 0.3) is 10.9 Å². The number of carboxylic acid groups (broad SMARTS) is 1. The number of nitrogens with one attached hydrogen (secondary N) is 2. The number of carbonyl (C=O) groups is 2. The summed E-state index contributed by atoms with van der Waals surface area (Å²) in [7, 11) is 1.75. The van der Waals surface area contributed by atoms with E-state index in [4.69, 9.17) is 14.6 Å². The summed E-state index contributed by atoms with van der Waals surface area (Å²) in [5, 5.41) is 26.7. The van der Waals surface area contributed by atoms with Gasteiger partial charge in [-0.2, -0.15) is 0 Å². The number of benzene rings is 2. The summed E-state index contributed by atoms with van der Waals surface area (Å²) in [5.41, 5.74) is 2.76. The number of fused-ring (bicyclic) bond motifs is 1. The molecule has 0 unspecified atom stereocenters. The maximum Gasteiger partial charge on any atom is 0.390 e. The minimum atomic E-state index is -0.500. The Labute approximate surface area is 254 Å². The summed E-state index contributed by atoms with van der Waals surface area (Å²) in [4.78, 5) is 44.8. The first-order valence-corrected chi connectivity index (χ1v) is 13.9. The SMILES string of the molecule is Cn1cnc([N+](=O)[O-])c1C[N+]1(C/C=C/C(=O)Nc2ccc3ncnc(Nc4cccc(Br)c4)c3c2)CCOCC1.O=C[O-]. The fourth-order valence-corrected chi connectivity index (χ4v) is 5.13. The van der Waals surface area contributed by atoms with E-state index < -0.39 is 11.4 Å². The van der Waals surface area contributed by atoms with Gasteiger partial charge in [-0.15, -0.1) is 0 Å². The molecule has 224 valence electrons. The lowest BCUT2D eigenvalue weighted by atomic mass is 10.2. The Morgan fingerprint density at radius 1 is 1.16 bits per heavy atom. The predicted octanol–water partition coefficient (Wildman–Crippen LogP) is 2.69. The number of imidazole rings is 1. The number of nitro groups is 1. The second-order valence-corrected chi connectivity index (χ2v) is 10.6. The van der Waals surface area contributed by atoms with E-state index in [2.05, 4.69) is 41.5 Å². The minimum absolute atomic E-state index is 0.137. The van der Waals surface area contributed by atoms with Crippen molar-refractivity contribution in [2.24, 2.45) is 7.05 Å². The van der Waals surface area contributed by atoms with Gasteiger partial charge in [0.2, 0.25) is 12.2 Å². The maximum absolute atomic E-state index is 12.8. The number of aryl methyl sites for hydroxylation is 1. The van der Waals surface area contributed by atoms with Gasteiger partial charge in [-0.1, -0.05) is 22.0 Å². The van der Waals surface area contributed by atoms with Crippen molar-refractivity contribution in [2.75, 3.05) is 43.5 Å². The second kappa shape index (κ2) is 14.4. The van der Waals surface area contributed by atoms with Gasteiger partial charge in [0.05, 0.1) is 25.3 Å². The Hall–Kier alpha value is -4.73. The molecule has 14 nitrogen and oxygen atoms in total. The summed E-state index contributed by atoms with van der Waals surface area (Å²) < 4.78 is 8.71. The number of aromatic nitrogens is 4. The van der Waals surface area contributed by atoms with E-state index in [1.807, 2.05) is 42.5 Å². The highest BCUT2D eigenvalue weighted by Crippen LogP contribution is 2.27. The van der Waals surface area contributed by atoms with Crippen molar-refractivity contribution in [3.63, 3.8) is 0 Å². The van der Waals surface area contributed by atoms with Crippen molar-refractivity contribution in [1.82, 2.24) is 19.5 Å². The lowest BCUT2D eigenvalue weighted by Crippen LogP contribution is -2.54. The molecule has 43 heavy (non-hydrogen) atoms. The molecule has 1 amide bonds. The number of halogens is 1. The number of morpholine rings is 1. The Morgan fingerprint density at radius 2 is 1.93 bits per heavy atom. The highest BCUT2D eigenvalue weighted by Gasteiger charge is 2.34. The van der Waals surface area contributed by atoms with Crippen LogP contribution in [0, 0.1) is 10.1 Å². The van der Waals surface area contributed by atoms with E-state index in [0.29, 0.717) is 61.1 Å². The quantitative estimate of drug-likeness (QED) is 0.0898. The van der Waals surface area contributed by atoms with Gasteiger partial charge in [0, 0.05) is 40.8 Å². The van der Waals surface area contributed by atoms with Crippen LogP contribution in [0.1, 0.15) is 5.69 Å². The number of amides is 1. The Bertz CT molecular complexity index is 1640. The van der Waals surface area contributed by atoms with Crippen molar-refractivity contribution in [3.8, 4) is 0 Å². The van der Waals surface area contributed by atoms with Crippen molar-refractivity contribution < 1.29 is 28.8 Å². The first kappa shape index (κ1) is 31.2. The third-order valence-electron chi connectivity index (χ3n) is 6.87. The van der Waals surface area contributed by atoms with E-state index in [9.17, 15) is 14.9 Å². The van der Waals surface area contributed by atoms with Crippen LogP contribution in [0.15, 0.2) is 71.7 Å². The molecule has 1 aliphatic heterocycles. The number of nitrogens with zero attached hydrogens (tertiary/aromatic N) is 6. The van der Waals surface area contributed by atoms with Gasteiger partial charge < -0.3 is 44.4 Å². The van der Waals surface area contributed by atoms with Crippen molar-refractivity contribution in [3.05, 3.63) is 87.6 Å². The third kappa shape index (κ3) is 8.18. The second-order valence-electron chi connectivity index (χ2n) is 9.70. The van der Waals surface area contributed by atoms with E-state index in [1.165, 1.54) is 18.7 Å². The maximum atomic E-state index is 12.8. The van der Waals surface area contributed by atoms with Crippen LogP contribution in [0.5, 0.6) is 0 Å². The topological polar surface area (TPSA) is 177 Å². The zero-order valence-corrected chi connectivity index (χ0v) is 24.8.